The van der Waals surface area contributed by atoms with E-state index < -0.39 is 0 Å². The van der Waals surface area contributed by atoms with Gasteiger partial charge < -0.3 is 4.74 Å². The Balaban J connectivity index is 1.63. The fourth-order valence-electron chi connectivity index (χ4n) is 3.96. The Labute approximate surface area is 197 Å². The lowest BCUT2D eigenvalue weighted by molar-refractivity contribution is 0.302. The van der Waals surface area contributed by atoms with Crippen LogP contribution in [0.25, 0.3) is 11.4 Å². The van der Waals surface area contributed by atoms with Crippen LogP contribution in [0.3, 0.4) is 0 Å². The first kappa shape index (κ1) is 26.4. The van der Waals surface area contributed by atoms with E-state index in [0.717, 1.165) is 42.5 Å². The maximum Gasteiger partial charge on any atom is 0.159 e. The van der Waals surface area contributed by atoms with Crippen molar-refractivity contribution >= 4 is 0 Å². The van der Waals surface area contributed by atoms with Gasteiger partial charge in [-0.05, 0) is 55.0 Å². The average Bonchev–Trinajstić information content (AvgIpc) is 2.83. The van der Waals surface area contributed by atoms with Crippen molar-refractivity contribution in [2.45, 2.75) is 111 Å². The number of hydrogen-bond acceptors (Lipinski definition) is 3. The maximum absolute atomic E-state index is 5.90. The zero-order valence-corrected chi connectivity index (χ0v) is 21.0. The first-order valence-corrected chi connectivity index (χ1v) is 13.3. The Kier molecular flexibility index (Phi) is 13.7. The Hall–Kier alpha value is -1.90. The van der Waals surface area contributed by atoms with Gasteiger partial charge in [0.25, 0.3) is 0 Å². The molecule has 32 heavy (non-hydrogen) atoms. The van der Waals surface area contributed by atoms with E-state index in [1.54, 1.807) is 0 Å². The van der Waals surface area contributed by atoms with Crippen molar-refractivity contribution in [1.29, 1.82) is 0 Å². The maximum atomic E-state index is 5.90. The molecule has 1 aromatic heterocycles. The molecule has 1 heterocycles. The molecule has 178 valence electrons. The van der Waals surface area contributed by atoms with Gasteiger partial charge in [-0.25, -0.2) is 9.97 Å². The van der Waals surface area contributed by atoms with Gasteiger partial charge in [0.1, 0.15) is 5.75 Å². The predicted molar refractivity (Wildman–Crippen MR) is 137 cm³/mol. The molecule has 0 fully saturated rings. The van der Waals surface area contributed by atoms with Gasteiger partial charge in [0.15, 0.2) is 5.82 Å². The molecule has 0 aliphatic rings. The van der Waals surface area contributed by atoms with Crippen LogP contribution in [0.5, 0.6) is 5.75 Å². The van der Waals surface area contributed by atoms with Crippen LogP contribution < -0.4 is 4.74 Å². The summed E-state index contributed by atoms with van der Waals surface area (Å²) in [6, 6.07) is 8.19. The Morgan fingerprint density at radius 3 is 2.03 bits per heavy atom. The molecule has 3 nitrogen and oxygen atoms in total. The highest BCUT2D eigenvalue weighted by Gasteiger charge is 2.04. The number of aryl methyl sites for hydroxylation is 1. The topological polar surface area (TPSA) is 35.0 Å². The van der Waals surface area contributed by atoms with Crippen LogP contribution in [-0.2, 0) is 6.42 Å². The standard InChI is InChI=1S/C29H46N2O/c1-4-6-7-8-9-10-11-14-17-26-23-30-29(31-24-26)27-18-20-28(21-19-27)32-22-15-12-13-16-25(3)5-2/h18-21,23-25H,4-17,22H2,1-3H3/t25-/m0/s1. The molecule has 0 aliphatic heterocycles. The van der Waals surface area contributed by atoms with Gasteiger partial charge in [0.2, 0.25) is 0 Å². The molecule has 0 N–H and O–H groups in total. The lowest BCUT2D eigenvalue weighted by atomic mass is 10.0. The van der Waals surface area contributed by atoms with Crippen LogP contribution in [-0.4, -0.2) is 16.6 Å². The van der Waals surface area contributed by atoms with E-state index in [-0.39, 0.29) is 0 Å². The third-order valence-corrected chi connectivity index (χ3v) is 6.44. The van der Waals surface area contributed by atoms with Crippen molar-refractivity contribution in [1.82, 2.24) is 9.97 Å². The highest BCUT2D eigenvalue weighted by atomic mass is 16.5. The van der Waals surface area contributed by atoms with Gasteiger partial charge in [-0.2, -0.15) is 0 Å². The summed E-state index contributed by atoms with van der Waals surface area (Å²) in [6.07, 6.45) is 22.2. The molecular weight excluding hydrogens is 392 g/mol. The van der Waals surface area contributed by atoms with E-state index >= 15 is 0 Å². The Bertz CT molecular complexity index is 696. The minimum atomic E-state index is 0.793. The molecule has 0 aliphatic carbocycles. The van der Waals surface area contributed by atoms with E-state index in [2.05, 4.69) is 42.9 Å². The molecule has 2 rings (SSSR count). The van der Waals surface area contributed by atoms with Crippen molar-refractivity contribution in [2.75, 3.05) is 6.61 Å². The zero-order chi connectivity index (χ0) is 22.9. The van der Waals surface area contributed by atoms with Crippen molar-refractivity contribution < 1.29 is 4.74 Å². The second-order valence-corrected chi connectivity index (χ2v) is 9.38. The summed E-state index contributed by atoms with van der Waals surface area (Å²) in [4.78, 5) is 9.19. The number of aromatic nitrogens is 2. The third-order valence-electron chi connectivity index (χ3n) is 6.44. The van der Waals surface area contributed by atoms with E-state index in [4.69, 9.17) is 4.74 Å². The van der Waals surface area contributed by atoms with Gasteiger partial charge in [0.05, 0.1) is 6.61 Å². The second kappa shape index (κ2) is 16.7. The lowest BCUT2D eigenvalue weighted by Crippen LogP contribution is -1.98. The smallest absolute Gasteiger partial charge is 0.159 e. The molecule has 2 aromatic rings. The van der Waals surface area contributed by atoms with Crippen LogP contribution in [0.2, 0.25) is 0 Å². The number of hydrogen-bond donors (Lipinski definition) is 0. The zero-order valence-electron chi connectivity index (χ0n) is 21.0. The van der Waals surface area contributed by atoms with E-state index in [0.29, 0.717) is 0 Å². The molecule has 0 radical (unpaired) electrons. The first-order chi connectivity index (χ1) is 15.7. The summed E-state index contributed by atoms with van der Waals surface area (Å²) in [5.41, 5.74) is 2.29. The minimum Gasteiger partial charge on any atom is -0.494 e. The summed E-state index contributed by atoms with van der Waals surface area (Å²) in [6.45, 7) is 7.68. The number of unbranched alkanes of at least 4 members (excludes halogenated alkanes) is 9. The number of rotatable bonds is 18. The summed E-state index contributed by atoms with van der Waals surface area (Å²) in [5.74, 6) is 2.58. The predicted octanol–water partition coefficient (Wildman–Crippen LogP) is 8.81. The van der Waals surface area contributed by atoms with Crippen LogP contribution in [0.1, 0.15) is 110 Å². The molecule has 0 bridgehead atoms. The quantitative estimate of drug-likeness (QED) is 0.218. The van der Waals surface area contributed by atoms with Crippen LogP contribution >= 0.6 is 0 Å². The molecular formula is C29H46N2O. The van der Waals surface area contributed by atoms with E-state index in [9.17, 15) is 0 Å². The van der Waals surface area contributed by atoms with Gasteiger partial charge in [-0.15, -0.1) is 0 Å². The molecule has 0 saturated heterocycles. The monoisotopic (exact) mass is 438 g/mol. The van der Waals surface area contributed by atoms with Gasteiger partial charge >= 0.3 is 0 Å². The number of benzene rings is 1. The number of nitrogens with zero attached hydrogens (tertiary/aromatic N) is 2. The summed E-state index contributed by atoms with van der Waals surface area (Å²) >= 11 is 0. The van der Waals surface area contributed by atoms with Crippen molar-refractivity contribution in [3.8, 4) is 17.1 Å². The van der Waals surface area contributed by atoms with Crippen LogP contribution in [0, 0.1) is 5.92 Å². The molecule has 0 amide bonds. The second-order valence-electron chi connectivity index (χ2n) is 9.38. The first-order valence-electron chi connectivity index (χ1n) is 13.3. The lowest BCUT2D eigenvalue weighted by Gasteiger charge is -2.09. The van der Waals surface area contributed by atoms with E-state index in [1.807, 2.05) is 24.5 Å². The van der Waals surface area contributed by atoms with Gasteiger partial charge in [-0.3, -0.25) is 0 Å². The Morgan fingerprint density at radius 1 is 0.750 bits per heavy atom. The summed E-state index contributed by atoms with van der Waals surface area (Å²) in [7, 11) is 0. The molecule has 0 spiro atoms. The molecule has 1 aromatic carbocycles. The average molecular weight is 439 g/mol. The Morgan fingerprint density at radius 2 is 1.38 bits per heavy atom. The number of ether oxygens (including phenoxy) is 1. The van der Waals surface area contributed by atoms with E-state index in [1.165, 1.54) is 82.6 Å². The minimum absolute atomic E-state index is 0.793. The highest BCUT2D eigenvalue weighted by molar-refractivity contribution is 5.55. The van der Waals surface area contributed by atoms with Crippen LogP contribution in [0.4, 0.5) is 0 Å². The largest absolute Gasteiger partial charge is 0.494 e. The normalized spacial score (nSPS) is 12.1. The van der Waals surface area contributed by atoms with Gasteiger partial charge in [-0.1, -0.05) is 91.4 Å². The molecule has 0 unspecified atom stereocenters. The summed E-state index contributed by atoms with van der Waals surface area (Å²) < 4.78 is 5.90. The fraction of sp³-hybridized carbons (Fsp3) is 0.655. The van der Waals surface area contributed by atoms with Gasteiger partial charge in [0, 0.05) is 18.0 Å². The highest BCUT2D eigenvalue weighted by Crippen LogP contribution is 2.20. The SMILES string of the molecule is CCCCCCCCCCc1cnc(-c2ccc(OCCCCC[C@@H](C)CC)cc2)nc1. The fourth-order valence-corrected chi connectivity index (χ4v) is 3.96. The third kappa shape index (κ3) is 11.1. The molecule has 0 saturated carbocycles. The van der Waals surface area contributed by atoms with Crippen molar-refractivity contribution in [2.24, 2.45) is 5.92 Å². The van der Waals surface area contributed by atoms with Crippen molar-refractivity contribution in [3.63, 3.8) is 0 Å². The van der Waals surface area contributed by atoms with Crippen LogP contribution in [0.15, 0.2) is 36.7 Å². The molecule has 3 heteroatoms. The molecule has 1 atom stereocenters. The van der Waals surface area contributed by atoms with Crippen molar-refractivity contribution in [3.05, 3.63) is 42.2 Å². The summed E-state index contributed by atoms with van der Waals surface area (Å²) in [5, 5.41) is 0.